The molecule has 4 aromatic rings. The molecular weight excluding hydrogens is 304 g/mol. The highest BCUT2D eigenvalue weighted by molar-refractivity contribution is 7.22. The molecule has 1 aromatic carbocycles. The maximum atomic E-state index is 4.63. The summed E-state index contributed by atoms with van der Waals surface area (Å²) in [6, 6.07) is 14.3. The molecule has 0 saturated carbocycles. The second kappa shape index (κ2) is 5.78. The van der Waals surface area contributed by atoms with E-state index in [1.165, 1.54) is 11.1 Å². The van der Waals surface area contributed by atoms with Crippen LogP contribution >= 0.6 is 11.3 Å². The topological polar surface area (TPSA) is 50.7 Å². The number of fused-ring (bicyclic) bond motifs is 1. The maximum absolute atomic E-state index is 4.63. The Morgan fingerprint density at radius 2 is 1.78 bits per heavy atom. The van der Waals surface area contributed by atoms with Crippen molar-refractivity contribution in [3.63, 3.8) is 0 Å². The van der Waals surface area contributed by atoms with Crippen molar-refractivity contribution >= 4 is 32.5 Å². The van der Waals surface area contributed by atoms with Gasteiger partial charge in [0.15, 0.2) is 5.13 Å². The standard InChI is InChI=1S/C18H14N4S/c1-12-4-9-20-17(10-12)22-18-21-15-3-2-14(11-16(15)23-18)13-5-7-19-8-6-13/h2-11H,1H3,(H,20,21,22). The van der Waals surface area contributed by atoms with Crippen molar-refractivity contribution in [2.45, 2.75) is 6.92 Å². The second-order valence-corrected chi connectivity index (χ2v) is 6.31. The van der Waals surface area contributed by atoms with Crippen molar-refractivity contribution in [3.8, 4) is 11.1 Å². The Kier molecular flexibility index (Phi) is 3.48. The van der Waals surface area contributed by atoms with E-state index in [1.807, 2.05) is 43.6 Å². The van der Waals surface area contributed by atoms with Gasteiger partial charge < -0.3 is 5.32 Å². The lowest BCUT2D eigenvalue weighted by Crippen LogP contribution is -1.92. The summed E-state index contributed by atoms with van der Waals surface area (Å²) in [6.07, 6.45) is 5.41. The van der Waals surface area contributed by atoms with Gasteiger partial charge in [0.1, 0.15) is 5.82 Å². The smallest absolute Gasteiger partial charge is 0.189 e. The van der Waals surface area contributed by atoms with Crippen molar-refractivity contribution in [3.05, 3.63) is 66.6 Å². The van der Waals surface area contributed by atoms with E-state index >= 15 is 0 Å². The Balaban J connectivity index is 1.68. The number of hydrogen-bond acceptors (Lipinski definition) is 5. The van der Waals surface area contributed by atoms with Crippen LogP contribution in [0, 0.1) is 6.92 Å². The summed E-state index contributed by atoms with van der Waals surface area (Å²) in [5.41, 5.74) is 4.49. The van der Waals surface area contributed by atoms with Gasteiger partial charge in [-0.05, 0) is 60.0 Å². The zero-order chi connectivity index (χ0) is 15.6. The van der Waals surface area contributed by atoms with Crippen molar-refractivity contribution in [1.82, 2.24) is 15.0 Å². The predicted octanol–water partition coefficient (Wildman–Crippen LogP) is 4.81. The number of pyridine rings is 2. The fourth-order valence-electron chi connectivity index (χ4n) is 2.42. The van der Waals surface area contributed by atoms with Crippen LogP contribution in [0.2, 0.25) is 0 Å². The van der Waals surface area contributed by atoms with Crippen LogP contribution in [-0.4, -0.2) is 15.0 Å². The van der Waals surface area contributed by atoms with Crippen LogP contribution in [0.5, 0.6) is 0 Å². The van der Waals surface area contributed by atoms with Crippen molar-refractivity contribution in [2.75, 3.05) is 5.32 Å². The van der Waals surface area contributed by atoms with Gasteiger partial charge in [0.2, 0.25) is 0 Å². The number of nitrogens with zero attached hydrogens (tertiary/aromatic N) is 3. The number of thiazole rings is 1. The summed E-state index contributed by atoms with van der Waals surface area (Å²) in [5.74, 6) is 0.818. The number of hydrogen-bond donors (Lipinski definition) is 1. The molecule has 5 heteroatoms. The van der Waals surface area contributed by atoms with Gasteiger partial charge in [-0.3, -0.25) is 4.98 Å². The lowest BCUT2D eigenvalue weighted by molar-refractivity contribution is 1.27. The highest BCUT2D eigenvalue weighted by atomic mass is 32.1. The molecule has 3 heterocycles. The quantitative estimate of drug-likeness (QED) is 0.589. The molecular formula is C18H14N4S. The molecule has 0 amide bonds. The molecule has 4 rings (SSSR count). The molecule has 0 aliphatic rings. The summed E-state index contributed by atoms with van der Waals surface area (Å²) in [5, 5.41) is 4.13. The Labute approximate surface area is 137 Å². The highest BCUT2D eigenvalue weighted by Gasteiger charge is 2.07. The first-order valence-corrected chi connectivity index (χ1v) is 8.10. The van der Waals surface area contributed by atoms with Crippen LogP contribution in [0.1, 0.15) is 5.56 Å². The molecule has 1 N–H and O–H groups in total. The fraction of sp³-hybridized carbons (Fsp3) is 0.0556. The zero-order valence-electron chi connectivity index (χ0n) is 12.5. The number of aryl methyl sites for hydroxylation is 1. The largest absolute Gasteiger partial charge is 0.316 e. The Hall–Kier alpha value is -2.79. The van der Waals surface area contributed by atoms with Gasteiger partial charge in [-0.25, -0.2) is 9.97 Å². The molecule has 112 valence electrons. The monoisotopic (exact) mass is 318 g/mol. The van der Waals surface area contributed by atoms with Crippen LogP contribution in [-0.2, 0) is 0 Å². The minimum atomic E-state index is 0.818. The molecule has 0 atom stereocenters. The molecule has 0 fully saturated rings. The summed E-state index contributed by atoms with van der Waals surface area (Å²) < 4.78 is 1.15. The van der Waals surface area contributed by atoms with E-state index in [-0.39, 0.29) is 0 Å². The average Bonchev–Trinajstić information content (AvgIpc) is 2.97. The Morgan fingerprint density at radius 1 is 0.913 bits per heavy atom. The average molecular weight is 318 g/mol. The van der Waals surface area contributed by atoms with Crippen LogP contribution in [0.4, 0.5) is 10.9 Å². The normalized spacial score (nSPS) is 10.8. The summed E-state index contributed by atoms with van der Waals surface area (Å²) in [7, 11) is 0. The summed E-state index contributed by atoms with van der Waals surface area (Å²) in [6.45, 7) is 2.05. The molecule has 0 aliphatic carbocycles. The van der Waals surface area contributed by atoms with E-state index in [0.29, 0.717) is 0 Å². The van der Waals surface area contributed by atoms with E-state index in [0.717, 1.165) is 26.7 Å². The molecule has 23 heavy (non-hydrogen) atoms. The van der Waals surface area contributed by atoms with Crippen LogP contribution in [0.25, 0.3) is 21.3 Å². The first-order chi connectivity index (χ1) is 11.3. The van der Waals surface area contributed by atoms with Gasteiger partial charge >= 0.3 is 0 Å². The SMILES string of the molecule is Cc1ccnc(Nc2nc3ccc(-c4ccncc4)cc3s2)c1. The van der Waals surface area contributed by atoms with Crippen LogP contribution in [0.3, 0.4) is 0 Å². The molecule has 0 unspecified atom stereocenters. The minimum Gasteiger partial charge on any atom is -0.316 e. The van der Waals surface area contributed by atoms with E-state index in [4.69, 9.17) is 0 Å². The summed E-state index contributed by atoms with van der Waals surface area (Å²) >= 11 is 1.63. The Bertz CT molecular complexity index is 963. The predicted molar refractivity (Wildman–Crippen MR) is 95.1 cm³/mol. The number of aromatic nitrogens is 3. The number of rotatable bonds is 3. The number of nitrogens with one attached hydrogen (secondary N) is 1. The van der Waals surface area contributed by atoms with Gasteiger partial charge in [-0.1, -0.05) is 17.4 Å². The van der Waals surface area contributed by atoms with Crippen molar-refractivity contribution in [2.24, 2.45) is 0 Å². The number of benzene rings is 1. The molecule has 0 spiro atoms. The molecule has 0 aliphatic heterocycles. The molecule has 0 saturated heterocycles. The summed E-state index contributed by atoms with van der Waals surface area (Å²) in [4.78, 5) is 13.0. The first kappa shape index (κ1) is 13.8. The molecule has 0 bridgehead atoms. The van der Waals surface area contributed by atoms with Gasteiger partial charge in [-0.15, -0.1) is 0 Å². The van der Waals surface area contributed by atoms with Gasteiger partial charge in [0.05, 0.1) is 10.2 Å². The minimum absolute atomic E-state index is 0.818. The van der Waals surface area contributed by atoms with Crippen molar-refractivity contribution < 1.29 is 0 Å². The van der Waals surface area contributed by atoms with E-state index < -0.39 is 0 Å². The third-order valence-corrected chi connectivity index (χ3v) is 4.49. The third-order valence-electron chi connectivity index (χ3n) is 3.55. The fourth-order valence-corrected chi connectivity index (χ4v) is 3.33. The molecule has 0 radical (unpaired) electrons. The van der Waals surface area contributed by atoms with Gasteiger partial charge in [0.25, 0.3) is 0 Å². The van der Waals surface area contributed by atoms with E-state index in [1.54, 1.807) is 17.5 Å². The zero-order valence-corrected chi connectivity index (χ0v) is 13.3. The van der Waals surface area contributed by atoms with Gasteiger partial charge in [0, 0.05) is 18.6 Å². The van der Waals surface area contributed by atoms with E-state index in [9.17, 15) is 0 Å². The number of anilines is 2. The van der Waals surface area contributed by atoms with Gasteiger partial charge in [-0.2, -0.15) is 0 Å². The lowest BCUT2D eigenvalue weighted by atomic mass is 10.1. The van der Waals surface area contributed by atoms with E-state index in [2.05, 4.69) is 38.5 Å². The van der Waals surface area contributed by atoms with Crippen LogP contribution < -0.4 is 5.32 Å². The second-order valence-electron chi connectivity index (χ2n) is 5.28. The molecule has 3 aromatic heterocycles. The van der Waals surface area contributed by atoms with Crippen LogP contribution in [0.15, 0.2) is 61.1 Å². The molecule has 4 nitrogen and oxygen atoms in total. The highest BCUT2D eigenvalue weighted by Crippen LogP contribution is 2.31. The lowest BCUT2D eigenvalue weighted by Gasteiger charge is -2.01. The van der Waals surface area contributed by atoms with Crippen molar-refractivity contribution in [1.29, 1.82) is 0 Å². The Morgan fingerprint density at radius 3 is 2.61 bits per heavy atom. The maximum Gasteiger partial charge on any atom is 0.189 e. The first-order valence-electron chi connectivity index (χ1n) is 7.29. The third kappa shape index (κ3) is 2.91.